The molecule has 0 aromatic rings. The summed E-state index contributed by atoms with van der Waals surface area (Å²) in [6.07, 6.45) is 5.38. The number of hydrogen-bond donors (Lipinski definition) is 2. The Morgan fingerprint density at radius 2 is 2.04 bits per heavy atom. The van der Waals surface area contributed by atoms with Gasteiger partial charge >= 0.3 is 29.6 Å². The molecule has 0 saturated carbocycles. The summed E-state index contributed by atoms with van der Waals surface area (Å²) in [6, 6.07) is 0. The average Bonchev–Trinajstić information content (AvgIpc) is 2.88. The quantitative estimate of drug-likeness (QED) is 0.154. The van der Waals surface area contributed by atoms with Crippen molar-refractivity contribution in [3.8, 4) is 0 Å². The van der Waals surface area contributed by atoms with Crippen molar-refractivity contribution in [2.75, 3.05) is 38.5 Å². The maximum atomic E-state index is 12.5. The average molecular weight is 399 g/mol. The van der Waals surface area contributed by atoms with E-state index in [2.05, 4.69) is 11.9 Å². The van der Waals surface area contributed by atoms with Crippen LogP contribution in [-0.2, 0) is 14.9 Å². The zero-order chi connectivity index (χ0) is 18.9. The van der Waals surface area contributed by atoms with E-state index in [1.54, 1.807) is 0 Å². The van der Waals surface area contributed by atoms with Gasteiger partial charge in [-0.1, -0.05) is 25.5 Å². The number of rotatable bonds is 12. The van der Waals surface area contributed by atoms with E-state index in [-0.39, 0.29) is 71.8 Å². The van der Waals surface area contributed by atoms with Crippen molar-refractivity contribution in [3.05, 3.63) is 12.2 Å². The first-order valence-corrected chi connectivity index (χ1v) is 10.1. The van der Waals surface area contributed by atoms with E-state index in [0.29, 0.717) is 19.5 Å². The maximum Gasteiger partial charge on any atom is 1.00 e. The van der Waals surface area contributed by atoms with Gasteiger partial charge in [-0.25, -0.2) is 13.4 Å². The van der Waals surface area contributed by atoms with Gasteiger partial charge in [0.1, 0.15) is 25.7 Å². The van der Waals surface area contributed by atoms with Crippen LogP contribution in [0.25, 0.3) is 0 Å². The van der Waals surface area contributed by atoms with Crippen LogP contribution in [0.2, 0.25) is 0 Å². The van der Waals surface area contributed by atoms with Gasteiger partial charge in [0.25, 0.3) is 5.84 Å². The molecule has 2 atom stereocenters. The number of carbonyl (C=O) groups is 1. The summed E-state index contributed by atoms with van der Waals surface area (Å²) in [5, 5.41) is 19.3. The van der Waals surface area contributed by atoms with Crippen molar-refractivity contribution in [3.63, 3.8) is 0 Å². The van der Waals surface area contributed by atoms with Crippen LogP contribution < -0.4 is 29.6 Å². The SMILES string of the molecule is CCC/C=C/CCC(=O)C1=NCC[N+]1(CCO)CC(O)CS(=O)(=O)[O-].[Na+]. The van der Waals surface area contributed by atoms with Crippen LogP contribution in [0.15, 0.2) is 17.1 Å². The van der Waals surface area contributed by atoms with Crippen LogP contribution in [0.1, 0.15) is 32.6 Å². The molecule has 0 saturated heterocycles. The topological polar surface area (TPSA) is 127 Å². The standard InChI is InChI=1S/C16H28N2O6S.Na/c1-2-3-4-5-6-7-15(21)16-17-8-9-18(16,10-11-19)12-14(20)13-25(22,23)24;/h4-5,14,19-20H,2-3,6-13H2,1H3;/q;+1/b5-4+;. The fraction of sp³-hybridized carbons (Fsp3) is 0.750. The van der Waals surface area contributed by atoms with Crippen molar-refractivity contribution in [2.24, 2.45) is 4.99 Å². The predicted octanol–water partition coefficient (Wildman–Crippen LogP) is -3.18. The van der Waals surface area contributed by atoms with Gasteiger partial charge in [0.15, 0.2) is 0 Å². The number of quaternary nitrogens is 1. The van der Waals surface area contributed by atoms with Gasteiger partial charge in [0.2, 0.25) is 5.78 Å². The number of nitrogens with zero attached hydrogens (tertiary/aromatic N) is 2. The molecular weight excluding hydrogens is 371 g/mol. The molecule has 1 aliphatic rings. The van der Waals surface area contributed by atoms with Crippen LogP contribution in [0.3, 0.4) is 0 Å². The smallest absolute Gasteiger partial charge is 0.748 e. The largest absolute Gasteiger partial charge is 1.00 e. The van der Waals surface area contributed by atoms with E-state index >= 15 is 0 Å². The molecule has 1 heterocycles. The number of amidine groups is 1. The summed E-state index contributed by atoms with van der Waals surface area (Å²) in [5.41, 5.74) is 0. The minimum Gasteiger partial charge on any atom is -0.748 e. The fourth-order valence-electron chi connectivity index (χ4n) is 3.05. The summed E-state index contributed by atoms with van der Waals surface area (Å²) in [6.45, 7) is 2.60. The summed E-state index contributed by atoms with van der Waals surface area (Å²) in [5.74, 6) is -0.843. The molecule has 0 spiro atoms. The summed E-state index contributed by atoms with van der Waals surface area (Å²) in [4.78, 5) is 16.7. The van der Waals surface area contributed by atoms with E-state index < -0.39 is 22.0 Å². The molecule has 0 bridgehead atoms. The second-order valence-corrected chi connectivity index (χ2v) is 7.75. The minimum absolute atomic E-state index is 0. The second-order valence-electron chi connectivity index (χ2n) is 6.30. The van der Waals surface area contributed by atoms with Gasteiger partial charge < -0.3 is 14.8 Å². The van der Waals surface area contributed by atoms with Crippen molar-refractivity contribution >= 4 is 21.7 Å². The third kappa shape index (κ3) is 8.71. The fourth-order valence-corrected chi connectivity index (χ4v) is 3.63. The minimum atomic E-state index is -4.57. The van der Waals surface area contributed by atoms with E-state index in [0.717, 1.165) is 12.8 Å². The van der Waals surface area contributed by atoms with Gasteiger partial charge in [-0.3, -0.25) is 9.28 Å². The first-order chi connectivity index (χ1) is 11.7. The third-order valence-electron chi connectivity index (χ3n) is 4.13. The Morgan fingerprint density at radius 3 is 2.62 bits per heavy atom. The summed E-state index contributed by atoms with van der Waals surface area (Å²) < 4.78 is 32.5. The van der Waals surface area contributed by atoms with Crippen molar-refractivity contribution in [2.45, 2.75) is 38.7 Å². The first kappa shape index (κ1) is 25.9. The summed E-state index contributed by atoms with van der Waals surface area (Å²) in [7, 11) is -4.57. The number of aliphatic imine (C=N–C) groups is 1. The van der Waals surface area contributed by atoms with Crippen LogP contribution in [0.5, 0.6) is 0 Å². The van der Waals surface area contributed by atoms with Crippen LogP contribution in [0.4, 0.5) is 0 Å². The number of hydrogen-bond acceptors (Lipinski definition) is 7. The molecule has 1 aliphatic heterocycles. The van der Waals surface area contributed by atoms with Crippen LogP contribution >= 0.6 is 0 Å². The van der Waals surface area contributed by atoms with Crippen molar-refractivity contribution < 1.29 is 62.0 Å². The molecule has 0 aliphatic carbocycles. The number of aliphatic hydroxyl groups is 2. The van der Waals surface area contributed by atoms with Crippen LogP contribution in [0, 0.1) is 0 Å². The Kier molecular flexibility index (Phi) is 12.3. The Morgan fingerprint density at radius 1 is 1.38 bits per heavy atom. The zero-order valence-electron chi connectivity index (χ0n) is 15.6. The van der Waals surface area contributed by atoms with Gasteiger partial charge in [-0.2, -0.15) is 0 Å². The number of aliphatic hydroxyl groups excluding tert-OH is 2. The number of Topliss-reactive ketones (excluding diaryl/α,β-unsaturated/α-hetero) is 1. The molecule has 0 aromatic carbocycles. The number of unbranched alkanes of at least 4 members (excludes halogenated alkanes) is 1. The molecule has 26 heavy (non-hydrogen) atoms. The molecule has 0 aromatic heterocycles. The number of allylic oxidation sites excluding steroid dienone is 2. The molecule has 2 unspecified atom stereocenters. The molecular formula is C16H28N2NaO6S+. The molecule has 0 radical (unpaired) electrons. The third-order valence-corrected chi connectivity index (χ3v) is 4.93. The van der Waals surface area contributed by atoms with E-state index in [9.17, 15) is 28.0 Å². The summed E-state index contributed by atoms with van der Waals surface area (Å²) >= 11 is 0. The monoisotopic (exact) mass is 399 g/mol. The van der Waals surface area contributed by atoms with Gasteiger partial charge in [-0.15, -0.1) is 0 Å². The molecule has 2 N–H and O–H groups in total. The normalized spacial score (nSPS) is 21.5. The molecule has 0 fully saturated rings. The second kappa shape index (κ2) is 12.4. The van der Waals surface area contributed by atoms with Gasteiger partial charge in [0.05, 0.1) is 29.0 Å². The predicted molar refractivity (Wildman–Crippen MR) is 93.1 cm³/mol. The number of carbonyl (C=O) groups excluding carboxylic acids is 1. The molecule has 10 heteroatoms. The van der Waals surface area contributed by atoms with Crippen molar-refractivity contribution in [1.82, 2.24) is 0 Å². The molecule has 8 nitrogen and oxygen atoms in total. The van der Waals surface area contributed by atoms with Gasteiger partial charge in [0, 0.05) is 6.42 Å². The maximum absolute atomic E-state index is 12.5. The van der Waals surface area contributed by atoms with Crippen molar-refractivity contribution in [1.29, 1.82) is 0 Å². The first-order valence-electron chi connectivity index (χ1n) is 8.56. The van der Waals surface area contributed by atoms with Gasteiger partial charge in [-0.05, 0) is 12.8 Å². The Labute approximate surface area is 177 Å². The Balaban J connectivity index is 0.00000625. The Hall–Kier alpha value is -0.130. The molecule has 144 valence electrons. The zero-order valence-corrected chi connectivity index (χ0v) is 18.4. The molecule has 0 amide bonds. The van der Waals surface area contributed by atoms with E-state index in [4.69, 9.17) is 0 Å². The number of ketones is 1. The van der Waals surface area contributed by atoms with E-state index in [1.165, 1.54) is 0 Å². The van der Waals surface area contributed by atoms with E-state index in [1.807, 2.05) is 12.2 Å². The molecule has 1 rings (SSSR count). The van der Waals surface area contributed by atoms with Crippen LogP contribution in [-0.4, -0.2) is 83.9 Å². The Bertz CT molecular complexity index is 608.